The van der Waals surface area contributed by atoms with Gasteiger partial charge in [-0.1, -0.05) is 0 Å². The normalized spacial score (nSPS) is 12.0. The minimum atomic E-state index is -1.00. The van der Waals surface area contributed by atoms with Crippen LogP contribution >= 0.6 is 0 Å². The Morgan fingerprint density at radius 2 is 0.200 bits per heavy atom. The molecule has 0 spiro atoms. The van der Waals surface area contributed by atoms with Gasteiger partial charge in [-0.15, -0.1) is 0 Å². The molecule has 30 heavy (non-hydrogen) atoms. The van der Waals surface area contributed by atoms with Gasteiger partial charge in [0.15, 0.2) is 0 Å². The Balaban J connectivity index is -0.0000000576. The fraction of sp³-hybridized carbons (Fsp3) is 1.00. The summed E-state index contributed by atoms with van der Waals surface area (Å²) in [6, 6.07) is 0. The molecule has 0 rings (SSSR count). The SMILES string of the molecule is CC(C)(C)F.CC(C)(C)F.CC(C)(C)F.CC(C)(C)F.CC(C)(C)F.CC(C)(C)F. The molecule has 0 aromatic carbocycles. The van der Waals surface area contributed by atoms with Gasteiger partial charge in [0.2, 0.25) is 0 Å². The quantitative estimate of drug-likeness (QED) is 0.318. The fourth-order valence-electron chi connectivity index (χ4n) is 0. The zero-order valence-electron chi connectivity index (χ0n) is 23.3. The monoisotopic (exact) mass is 456 g/mol. The zero-order valence-corrected chi connectivity index (χ0v) is 23.3. The smallest absolute Gasteiger partial charge is 0.102 e. The number of alkyl halides is 6. The van der Waals surface area contributed by atoms with E-state index in [4.69, 9.17) is 0 Å². The first-order chi connectivity index (χ1) is 12.0. The van der Waals surface area contributed by atoms with E-state index in [1.54, 1.807) is 0 Å². The highest BCUT2D eigenvalue weighted by Gasteiger charge is 2.04. The lowest BCUT2D eigenvalue weighted by atomic mass is 10.2. The van der Waals surface area contributed by atoms with Crippen LogP contribution in [0, 0.1) is 0 Å². The maximum atomic E-state index is 11.7. The summed E-state index contributed by atoms with van der Waals surface area (Å²) in [5, 5.41) is 0. The van der Waals surface area contributed by atoms with Crippen molar-refractivity contribution in [3.05, 3.63) is 0 Å². The van der Waals surface area contributed by atoms with Gasteiger partial charge < -0.3 is 0 Å². The third-order valence-corrected chi connectivity index (χ3v) is 0. The predicted molar refractivity (Wildman–Crippen MR) is 125 cm³/mol. The first kappa shape index (κ1) is 43.5. The van der Waals surface area contributed by atoms with Crippen LogP contribution in [0.3, 0.4) is 0 Å². The molecule has 0 aliphatic rings. The maximum absolute atomic E-state index is 11.7. The van der Waals surface area contributed by atoms with Crippen molar-refractivity contribution in [2.75, 3.05) is 0 Å². The maximum Gasteiger partial charge on any atom is 0.102 e. The van der Waals surface area contributed by atoms with E-state index in [2.05, 4.69) is 0 Å². The van der Waals surface area contributed by atoms with Gasteiger partial charge in [-0.3, -0.25) is 0 Å². The van der Waals surface area contributed by atoms with E-state index in [1.165, 1.54) is 125 Å². The summed E-state index contributed by atoms with van der Waals surface area (Å²) in [5.41, 5.74) is -6.00. The van der Waals surface area contributed by atoms with E-state index in [0.717, 1.165) is 0 Å². The Hall–Kier alpha value is -0.420. The number of halogens is 6. The van der Waals surface area contributed by atoms with E-state index in [-0.39, 0.29) is 0 Å². The van der Waals surface area contributed by atoms with Crippen LogP contribution < -0.4 is 0 Å². The van der Waals surface area contributed by atoms with Crippen molar-refractivity contribution in [3.63, 3.8) is 0 Å². The molecule has 0 aromatic rings. The summed E-state index contributed by atoms with van der Waals surface area (Å²) in [5.74, 6) is 0. The van der Waals surface area contributed by atoms with Gasteiger partial charge in [-0.05, 0) is 125 Å². The van der Waals surface area contributed by atoms with Gasteiger partial charge in [0.25, 0.3) is 0 Å². The molecule has 0 saturated carbocycles. The molecule has 0 amide bonds. The highest BCUT2D eigenvalue weighted by molar-refractivity contribution is 4.54. The number of hydrogen-bond acceptors (Lipinski definition) is 0. The molecular weight excluding hydrogens is 402 g/mol. The van der Waals surface area contributed by atoms with Gasteiger partial charge in [-0.25, -0.2) is 26.3 Å². The lowest BCUT2D eigenvalue weighted by molar-refractivity contribution is 0.245. The van der Waals surface area contributed by atoms with Crippen LogP contribution in [0.2, 0.25) is 0 Å². The predicted octanol–water partition coefficient (Wildman–Crippen LogP) is 10.5. The standard InChI is InChI=1S/6C4H9F/c6*1-4(2,3)5/h6*1-3H3. The van der Waals surface area contributed by atoms with E-state index >= 15 is 0 Å². The van der Waals surface area contributed by atoms with Crippen molar-refractivity contribution in [1.82, 2.24) is 0 Å². The topological polar surface area (TPSA) is 0 Å². The third-order valence-electron chi connectivity index (χ3n) is 0. The molecule has 6 heteroatoms. The van der Waals surface area contributed by atoms with Crippen molar-refractivity contribution in [3.8, 4) is 0 Å². The van der Waals surface area contributed by atoms with Crippen LogP contribution in [-0.2, 0) is 0 Å². The van der Waals surface area contributed by atoms with Crippen LogP contribution in [0.15, 0.2) is 0 Å². The lowest BCUT2D eigenvalue weighted by Gasteiger charge is -1.99. The molecule has 0 atom stereocenters. The van der Waals surface area contributed by atoms with Crippen molar-refractivity contribution in [2.24, 2.45) is 0 Å². The molecule has 0 heterocycles. The molecule has 0 saturated heterocycles. The Morgan fingerprint density at radius 1 is 0.200 bits per heavy atom. The van der Waals surface area contributed by atoms with Crippen LogP contribution in [0.5, 0.6) is 0 Å². The summed E-state index contributed by atoms with van der Waals surface area (Å²) in [6.45, 7) is 27.4. The van der Waals surface area contributed by atoms with Gasteiger partial charge in [0, 0.05) is 0 Å². The Kier molecular flexibility index (Phi) is 24.9. The molecule has 0 N–H and O–H groups in total. The second kappa shape index (κ2) is 17.2. The highest BCUT2D eigenvalue weighted by Crippen LogP contribution is 2.04. The zero-order chi connectivity index (χ0) is 27.0. The minimum absolute atomic E-state index is 1.00. The molecule has 0 nitrogen and oxygen atoms in total. The molecule has 0 unspecified atom stereocenters. The largest absolute Gasteiger partial charge is 0.245 e. The summed E-state index contributed by atoms with van der Waals surface area (Å²) in [4.78, 5) is 0. The summed E-state index contributed by atoms with van der Waals surface area (Å²) >= 11 is 0. The Labute approximate surface area is 185 Å². The fourth-order valence-corrected chi connectivity index (χ4v) is 0. The first-order valence-corrected chi connectivity index (χ1v) is 10.1. The van der Waals surface area contributed by atoms with Crippen LogP contribution in [-0.4, -0.2) is 34.0 Å². The van der Waals surface area contributed by atoms with Gasteiger partial charge in [0.1, 0.15) is 34.0 Å². The summed E-state index contributed by atoms with van der Waals surface area (Å²) in [6.07, 6.45) is 0. The van der Waals surface area contributed by atoms with Gasteiger partial charge in [0.05, 0.1) is 0 Å². The van der Waals surface area contributed by atoms with E-state index in [9.17, 15) is 26.3 Å². The molecule has 0 aliphatic carbocycles. The second-order valence-corrected chi connectivity index (χ2v) is 12.4. The molecule has 192 valence electrons. The van der Waals surface area contributed by atoms with Crippen molar-refractivity contribution in [2.45, 2.75) is 159 Å². The molecule has 0 fully saturated rings. The Morgan fingerprint density at radius 3 is 0.200 bits per heavy atom. The molecule has 0 aromatic heterocycles. The molecule has 0 radical (unpaired) electrons. The van der Waals surface area contributed by atoms with Crippen LogP contribution in [0.4, 0.5) is 26.3 Å². The van der Waals surface area contributed by atoms with Crippen molar-refractivity contribution in [1.29, 1.82) is 0 Å². The molecular formula is C24H54F6. The second-order valence-electron chi connectivity index (χ2n) is 12.4. The van der Waals surface area contributed by atoms with Crippen molar-refractivity contribution < 1.29 is 26.3 Å². The molecule has 0 aliphatic heterocycles. The summed E-state index contributed by atoms with van der Waals surface area (Å²) in [7, 11) is 0. The van der Waals surface area contributed by atoms with Crippen molar-refractivity contribution >= 4 is 0 Å². The minimum Gasteiger partial charge on any atom is -0.245 e. The molecule has 0 bridgehead atoms. The third kappa shape index (κ3) is 110000. The Bertz CT molecular complexity index is 208. The van der Waals surface area contributed by atoms with E-state index < -0.39 is 34.0 Å². The van der Waals surface area contributed by atoms with Crippen LogP contribution in [0.1, 0.15) is 125 Å². The van der Waals surface area contributed by atoms with Gasteiger partial charge >= 0.3 is 0 Å². The van der Waals surface area contributed by atoms with Crippen LogP contribution in [0.25, 0.3) is 0 Å². The first-order valence-electron chi connectivity index (χ1n) is 10.1. The van der Waals surface area contributed by atoms with E-state index in [0.29, 0.717) is 0 Å². The lowest BCUT2D eigenvalue weighted by Crippen LogP contribution is -2.01. The highest BCUT2D eigenvalue weighted by atomic mass is 19.2. The van der Waals surface area contributed by atoms with E-state index in [1.807, 2.05) is 0 Å². The average molecular weight is 457 g/mol. The number of hydrogen-bond donors (Lipinski definition) is 0. The number of rotatable bonds is 0. The summed E-state index contributed by atoms with van der Waals surface area (Å²) < 4.78 is 70.1. The van der Waals surface area contributed by atoms with Gasteiger partial charge in [-0.2, -0.15) is 0 Å². The average Bonchev–Trinajstić information content (AvgIpc) is 1.94.